The molecule has 1 aromatic rings. The van der Waals surface area contributed by atoms with E-state index >= 15 is 0 Å². The number of aromatic nitrogens is 2. The first-order valence-electron chi connectivity index (χ1n) is 4.04. The van der Waals surface area contributed by atoms with Crippen LogP contribution in [-0.2, 0) is 7.05 Å². The van der Waals surface area contributed by atoms with Crippen LogP contribution in [0.2, 0.25) is 0 Å². The Kier molecular flexibility index (Phi) is 2.67. The Morgan fingerprint density at radius 2 is 2.31 bits per heavy atom. The van der Waals surface area contributed by atoms with Gasteiger partial charge in [-0.1, -0.05) is 13.8 Å². The molecule has 1 heterocycles. The number of hydroxylamine groups is 1. The molecule has 72 valence electrons. The van der Waals surface area contributed by atoms with E-state index in [4.69, 9.17) is 5.21 Å². The summed E-state index contributed by atoms with van der Waals surface area (Å²) in [5, 5.41) is 12.5. The minimum absolute atomic E-state index is 0.270. The Hall–Kier alpha value is -1.36. The zero-order valence-electron chi connectivity index (χ0n) is 7.90. The number of hydrogen-bond acceptors (Lipinski definition) is 3. The van der Waals surface area contributed by atoms with E-state index < -0.39 is 5.91 Å². The minimum Gasteiger partial charge on any atom is -0.288 e. The van der Waals surface area contributed by atoms with Gasteiger partial charge < -0.3 is 0 Å². The van der Waals surface area contributed by atoms with Crippen LogP contribution in [0.3, 0.4) is 0 Å². The number of amides is 1. The molecule has 0 unspecified atom stereocenters. The lowest BCUT2D eigenvalue weighted by atomic mass is 10.1. The number of rotatable bonds is 2. The lowest BCUT2D eigenvalue weighted by molar-refractivity contribution is 0.0696. The summed E-state index contributed by atoms with van der Waals surface area (Å²) in [7, 11) is 1.66. The van der Waals surface area contributed by atoms with Crippen LogP contribution in [0.4, 0.5) is 0 Å². The third-order valence-electron chi connectivity index (χ3n) is 1.82. The van der Waals surface area contributed by atoms with Crippen LogP contribution >= 0.6 is 0 Å². The maximum absolute atomic E-state index is 11.0. The molecule has 5 heteroatoms. The predicted molar refractivity (Wildman–Crippen MR) is 46.5 cm³/mol. The molecule has 0 aromatic carbocycles. The van der Waals surface area contributed by atoms with Crippen molar-refractivity contribution < 1.29 is 10.0 Å². The normalized spacial score (nSPS) is 10.5. The Bertz CT molecular complexity index is 317. The molecule has 13 heavy (non-hydrogen) atoms. The fourth-order valence-electron chi connectivity index (χ4n) is 1.04. The van der Waals surface area contributed by atoms with Crippen LogP contribution in [0.15, 0.2) is 6.07 Å². The number of hydrogen-bond donors (Lipinski definition) is 2. The molecule has 0 saturated heterocycles. The van der Waals surface area contributed by atoms with Gasteiger partial charge in [0.05, 0.1) is 5.69 Å². The third kappa shape index (κ3) is 1.86. The van der Waals surface area contributed by atoms with Crippen molar-refractivity contribution in [3.63, 3.8) is 0 Å². The predicted octanol–water partition coefficient (Wildman–Crippen LogP) is 0.663. The Balaban J connectivity index is 3.03. The summed E-state index contributed by atoms with van der Waals surface area (Å²) in [6, 6.07) is 1.66. The van der Waals surface area contributed by atoms with Crippen molar-refractivity contribution in [1.82, 2.24) is 15.3 Å². The molecule has 5 nitrogen and oxygen atoms in total. The highest BCUT2D eigenvalue weighted by Gasteiger charge is 2.13. The largest absolute Gasteiger partial charge is 0.292 e. The van der Waals surface area contributed by atoms with Crippen molar-refractivity contribution in [1.29, 1.82) is 0 Å². The average molecular weight is 183 g/mol. The van der Waals surface area contributed by atoms with Gasteiger partial charge >= 0.3 is 0 Å². The average Bonchev–Trinajstić information content (AvgIpc) is 2.46. The van der Waals surface area contributed by atoms with Crippen LogP contribution < -0.4 is 5.48 Å². The van der Waals surface area contributed by atoms with E-state index in [-0.39, 0.29) is 5.92 Å². The molecule has 1 rings (SSSR count). The van der Waals surface area contributed by atoms with Crippen molar-refractivity contribution in [2.24, 2.45) is 7.05 Å². The quantitative estimate of drug-likeness (QED) is 0.523. The van der Waals surface area contributed by atoms with Gasteiger partial charge in [0.15, 0.2) is 0 Å². The zero-order valence-corrected chi connectivity index (χ0v) is 7.90. The van der Waals surface area contributed by atoms with E-state index in [1.165, 1.54) is 4.68 Å². The summed E-state index contributed by atoms with van der Waals surface area (Å²) >= 11 is 0. The van der Waals surface area contributed by atoms with Crippen LogP contribution in [0.25, 0.3) is 0 Å². The molecule has 0 atom stereocenters. The smallest absolute Gasteiger partial charge is 0.288 e. The first-order chi connectivity index (χ1) is 6.06. The summed E-state index contributed by atoms with van der Waals surface area (Å²) in [6.45, 7) is 3.98. The topological polar surface area (TPSA) is 67.2 Å². The van der Waals surface area contributed by atoms with Crippen LogP contribution in [-0.4, -0.2) is 20.9 Å². The van der Waals surface area contributed by atoms with E-state index in [9.17, 15) is 4.79 Å². The van der Waals surface area contributed by atoms with Crippen LogP contribution in [0.5, 0.6) is 0 Å². The van der Waals surface area contributed by atoms with E-state index in [2.05, 4.69) is 5.10 Å². The van der Waals surface area contributed by atoms with Gasteiger partial charge in [-0.25, -0.2) is 5.48 Å². The Labute approximate surface area is 76.3 Å². The van der Waals surface area contributed by atoms with Crippen molar-refractivity contribution >= 4 is 5.91 Å². The lowest BCUT2D eigenvalue weighted by Crippen LogP contribution is -2.21. The molecular formula is C8H13N3O2. The first kappa shape index (κ1) is 9.73. The van der Waals surface area contributed by atoms with Crippen molar-refractivity contribution in [3.05, 3.63) is 17.5 Å². The summed E-state index contributed by atoms with van der Waals surface area (Å²) in [5.41, 5.74) is 2.76. The molecule has 0 spiro atoms. The first-order valence-corrected chi connectivity index (χ1v) is 4.04. The Morgan fingerprint density at radius 1 is 1.69 bits per heavy atom. The molecule has 0 radical (unpaired) electrons. The summed E-state index contributed by atoms with van der Waals surface area (Å²) < 4.78 is 1.45. The van der Waals surface area contributed by atoms with Crippen molar-refractivity contribution in [3.8, 4) is 0 Å². The molecule has 0 aliphatic rings. The highest BCUT2D eigenvalue weighted by Crippen LogP contribution is 2.13. The van der Waals surface area contributed by atoms with Gasteiger partial charge in [-0.3, -0.25) is 14.7 Å². The highest BCUT2D eigenvalue weighted by molar-refractivity contribution is 5.91. The number of aryl methyl sites for hydroxylation is 1. The second kappa shape index (κ2) is 3.57. The summed E-state index contributed by atoms with van der Waals surface area (Å²) in [5.74, 6) is -0.270. The van der Waals surface area contributed by atoms with Crippen LogP contribution in [0, 0.1) is 0 Å². The van der Waals surface area contributed by atoms with Crippen LogP contribution in [0.1, 0.15) is 35.9 Å². The molecule has 1 aromatic heterocycles. The SMILES string of the molecule is CC(C)c1cc(C(=O)NO)n(C)n1. The highest BCUT2D eigenvalue weighted by atomic mass is 16.5. The second-order valence-corrected chi connectivity index (χ2v) is 3.17. The van der Waals surface area contributed by atoms with Crippen molar-refractivity contribution in [2.45, 2.75) is 19.8 Å². The molecule has 0 saturated carbocycles. The lowest BCUT2D eigenvalue weighted by Gasteiger charge is -1.96. The zero-order chi connectivity index (χ0) is 10.0. The van der Waals surface area contributed by atoms with Gasteiger partial charge in [0.1, 0.15) is 5.69 Å². The monoisotopic (exact) mass is 183 g/mol. The molecule has 1 amide bonds. The molecular weight excluding hydrogens is 170 g/mol. The van der Waals surface area contributed by atoms with E-state index in [0.29, 0.717) is 5.69 Å². The summed E-state index contributed by atoms with van der Waals surface area (Å²) in [4.78, 5) is 11.0. The molecule has 0 bridgehead atoms. The van der Waals surface area contributed by atoms with E-state index in [0.717, 1.165) is 5.69 Å². The number of nitrogens with one attached hydrogen (secondary N) is 1. The van der Waals surface area contributed by atoms with Gasteiger partial charge in [-0.15, -0.1) is 0 Å². The Morgan fingerprint density at radius 3 is 2.69 bits per heavy atom. The van der Waals surface area contributed by atoms with Gasteiger partial charge in [-0.05, 0) is 12.0 Å². The maximum atomic E-state index is 11.0. The van der Waals surface area contributed by atoms with E-state index in [1.54, 1.807) is 18.6 Å². The summed E-state index contributed by atoms with van der Waals surface area (Å²) in [6.07, 6.45) is 0. The molecule has 0 aliphatic carbocycles. The molecule has 2 N–H and O–H groups in total. The van der Waals surface area contributed by atoms with Crippen molar-refractivity contribution in [2.75, 3.05) is 0 Å². The third-order valence-corrected chi connectivity index (χ3v) is 1.82. The molecule has 0 fully saturated rings. The van der Waals surface area contributed by atoms with Gasteiger partial charge in [0.2, 0.25) is 0 Å². The van der Waals surface area contributed by atoms with Gasteiger partial charge in [0, 0.05) is 7.05 Å². The minimum atomic E-state index is -0.540. The number of nitrogens with zero attached hydrogens (tertiary/aromatic N) is 2. The number of carbonyl (C=O) groups is 1. The fourth-order valence-corrected chi connectivity index (χ4v) is 1.04. The number of carbonyl (C=O) groups excluding carboxylic acids is 1. The van der Waals surface area contributed by atoms with Gasteiger partial charge in [-0.2, -0.15) is 5.10 Å². The second-order valence-electron chi connectivity index (χ2n) is 3.17. The van der Waals surface area contributed by atoms with E-state index in [1.807, 2.05) is 13.8 Å². The standard InChI is InChI=1S/C8H13N3O2/c1-5(2)6-4-7(8(12)10-13)11(3)9-6/h4-5,13H,1-3H3,(H,10,12). The van der Waals surface area contributed by atoms with Gasteiger partial charge in [0.25, 0.3) is 5.91 Å². The molecule has 0 aliphatic heterocycles. The maximum Gasteiger partial charge on any atom is 0.292 e. The fraction of sp³-hybridized carbons (Fsp3) is 0.500.